The van der Waals surface area contributed by atoms with Crippen LogP contribution in [0.3, 0.4) is 0 Å². The summed E-state index contributed by atoms with van der Waals surface area (Å²) in [6.07, 6.45) is 0.145. The quantitative estimate of drug-likeness (QED) is 0.666. The molecular weight excluding hydrogens is 332 g/mol. The number of para-hydroxylation sites is 2. The number of carboxylic acid groups (broad SMARTS) is 1. The summed E-state index contributed by atoms with van der Waals surface area (Å²) >= 11 is 0. The molecule has 0 saturated carbocycles. The minimum atomic E-state index is -1.16. The van der Waals surface area contributed by atoms with E-state index >= 15 is 0 Å². The first-order valence-corrected chi connectivity index (χ1v) is 8.28. The standard InChI is InChI=1S/C20H18N2O4/c1-12(23)10-11-17(20(25)26)22-19(24)18-13-6-2-4-8-15(13)21-16-9-5-3-7-14(16)18/h2-9,17H,10-11H2,1H3,(H,22,24)(H,25,26)/t17-/m0/s1. The second-order valence-corrected chi connectivity index (χ2v) is 6.13. The molecule has 0 aliphatic heterocycles. The average molecular weight is 350 g/mol. The average Bonchev–Trinajstić information content (AvgIpc) is 2.62. The molecule has 3 rings (SSSR count). The highest BCUT2D eigenvalue weighted by Crippen LogP contribution is 2.26. The number of amides is 1. The zero-order valence-corrected chi connectivity index (χ0v) is 14.2. The predicted octanol–water partition coefficient (Wildman–Crippen LogP) is 2.94. The van der Waals surface area contributed by atoms with Crippen molar-refractivity contribution >= 4 is 39.5 Å². The van der Waals surface area contributed by atoms with Gasteiger partial charge in [-0.1, -0.05) is 36.4 Å². The number of aromatic nitrogens is 1. The van der Waals surface area contributed by atoms with Gasteiger partial charge in [0.1, 0.15) is 11.8 Å². The van der Waals surface area contributed by atoms with E-state index in [-0.39, 0.29) is 18.6 Å². The Morgan fingerprint density at radius 3 is 2.04 bits per heavy atom. The van der Waals surface area contributed by atoms with Crippen LogP contribution in [0.15, 0.2) is 48.5 Å². The first-order valence-electron chi connectivity index (χ1n) is 8.28. The number of rotatable bonds is 6. The fraction of sp³-hybridized carbons (Fsp3) is 0.200. The zero-order chi connectivity index (χ0) is 18.7. The molecule has 6 heteroatoms. The van der Waals surface area contributed by atoms with Crippen molar-refractivity contribution in [2.75, 3.05) is 0 Å². The lowest BCUT2D eigenvalue weighted by molar-refractivity contribution is -0.139. The van der Waals surface area contributed by atoms with Gasteiger partial charge < -0.3 is 15.2 Å². The van der Waals surface area contributed by atoms with E-state index in [0.29, 0.717) is 27.4 Å². The third-order valence-corrected chi connectivity index (χ3v) is 4.20. The van der Waals surface area contributed by atoms with Gasteiger partial charge in [-0.2, -0.15) is 0 Å². The number of carbonyl (C=O) groups excluding carboxylic acids is 2. The topological polar surface area (TPSA) is 96.4 Å². The Kier molecular flexibility index (Phi) is 4.93. The van der Waals surface area contributed by atoms with E-state index in [0.717, 1.165) is 0 Å². The molecule has 0 bridgehead atoms. The van der Waals surface area contributed by atoms with Crippen LogP contribution in [0, 0.1) is 0 Å². The van der Waals surface area contributed by atoms with Gasteiger partial charge >= 0.3 is 5.97 Å². The van der Waals surface area contributed by atoms with Gasteiger partial charge in [-0.15, -0.1) is 0 Å². The molecule has 0 radical (unpaired) electrons. The summed E-state index contributed by atoms with van der Waals surface area (Å²) in [7, 11) is 0. The fourth-order valence-corrected chi connectivity index (χ4v) is 2.92. The molecule has 0 fully saturated rings. The Morgan fingerprint density at radius 2 is 1.54 bits per heavy atom. The van der Waals surface area contributed by atoms with Crippen molar-refractivity contribution in [3.63, 3.8) is 0 Å². The molecule has 1 amide bonds. The minimum absolute atomic E-state index is 0.0529. The molecule has 2 N–H and O–H groups in total. The van der Waals surface area contributed by atoms with Gasteiger partial charge in [-0.25, -0.2) is 9.78 Å². The predicted molar refractivity (Wildman–Crippen MR) is 98.1 cm³/mol. The molecule has 0 saturated heterocycles. The number of pyridine rings is 1. The van der Waals surface area contributed by atoms with Crippen LogP contribution in [0.4, 0.5) is 0 Å². The highest BCUT2D eigenvalue weighted by atomic mass is 16.4. The SMILES string of the molecule is CC(=O)CC[C@H](NC(=O)c1c2ccccc2nc2ccccc12)C(=O)O. The van der Waals surface area contributed by atoms with E-state index in [9.17, 15) is 19.5 Å². The number of carbonyl (C=O) groups is 3. The number of Topliss-reactive ketones (excluding diaryl/α,β-unsaturated/α-hetero) is 1. The number of hydrogen-bond donors (Lipinski definition) is 2. The van der Waals surface area contributed by atoms with E-state index < -0.39 is 17.9 Å². The van der Waals surface area contributed by atoms with E-state index in [1.54, 1.807) is 24.3 Å². The van der Waals surface area contributed by atoms with Gasteiger partial charge in [0.05, 0.1) is 16.6 Å². The molecule has 2 aromatic carbocycles. The molecule has 1 aromatic heterocycles. The second-order valence-electron chi connectivity index (χ2n) is 6.13. The van der Waals surface area contributed by atoms with Crippen molar-refractivity contribution in [3.05, 3.63) is 54.1 Å². The van der Waals surface area contributed by atoms with Crippen molar-refractivity contribution in [1.82, 2.24) is 10.3 Å². The third-order valence-electron chi connectivity index (χ3n) is 4.20. The van der Waals surface area contributed by atoms with E-state index in [1.165, 1.54) is 6.92 Å². The molecule has 0 aliphatic carbocycles. The second kappa shape index (κ2) is 7.31. The molecular formula is C20H18N2O4. The van der Waals surface area contributed by atoms with E-state index in [1.807, 2.05) is 24.3 Å². The van der Waals surface area contributed by atoms with E-state index in [4.69, 9.17) is 0 Å². The van der Waals surface area contributed by atoms with Gasteiger partial charge in [0.25, 0.3) is 5.91 Å². The molecule has 0 spiro atoms. The molecule has 26 heavy (non-hydrogen) atoms. The van der Waals surface area contributed by atoms with Crippen molar-refractivity contribution in [1.29, 1.82) is 0 Å². The molecule has 0 unspecified atom stereocenters. The Labute approximate surface area is 149 Å². The molecule has 3 aromatic rings. The summed E-state index contributed by atoms with van der Waals surface area (Å²) in [5, 5.41) is 13.2. The van der Waals surface area contributed by atoms with Gasteiger partial charge in [0, 0.05) is 17.2 Å². The summed E-state index contributed by atoms with van der Waals surface area (Å²) in [5.74, 6) is -1.77. The van der Waals surface area contributed by atoms with Gasteiger partial charge in [-0.05, 0) is 25.5 Å². The minimum Gasteiger partial charge on any atom is -0.480 e. The maximum Gasteiger partial charge on any atom is 0.326 e. The maximum atomic E-state index is 12.9. The summed E-state index contributed by atoms with van der Waals surface area (Å²) in [4.78, 5) is 40.1. The van der Waals surface area contributed by atoms with Crippen molar-refractivity contribution < 1.29 is 19.5 Å². The van der Waals surface area contributed by atoms with Crippen LogP contribution in [0.2, 0.25) is 0 Å². The van der Waals surface area contributed by atoms with E-state index in [2.05, 4.69) is 10.3 Å². The first-order chi connectivity index (χ1) is 12.5. The van der Waals surface area contributed by atoms with Crippen LogP contribution in [0.5, 0.6) is 0 Å². The van der Waals surface area contributed by atoms with Crippen LogP contribution in [-0.2, 0) is 9.59 Å². The van der Waals surface area contributed by atoms with Crippen LogP contribution in [-0.4, -0.2) is 33.8 Å². The van der Waals surface area contributed by atoms with Crippen LogP contribution < -0.4 is 5.32 Å². The highest BCUT2D eigenvalue weighted by molar-refractivity contribution is 6.16. The number of hydrogen-bond acceptors (Lipinski definition) is 4. The number of aliphatic carboxylic acids is 1. The van der Waals surface area contributed by atoms with Crippen LogP contribution >= 0.6 is 0 Å². The molecule has 1 atom stereocenters. The summed E-state index contributed by atoms with van der Waals surface area (Å²) < 4.78 is 0. The van der Waals surface area contributed by atoms with Gasteiger partial charge in [0.2, 0.25) is 0 Å². The number of fused-ring (bicyclic) bond motifs is 2. The maximum absolute atomic E-state index is 12.9. The Morgan fingerprint density at radius 1 is 1.00 bits per heavy atom. The molecule has 1 heterocycles. The van der Waals surface area contributed by atoms with Gasteiger partial charge in [0.15, 0.2) is 0 Å². The summed E-state index contributed by atoms with van der Waals surface area (Å²) in [6, 6.07) is 13.3. The lowest BCUT2D eigenvalue weighted by Gasteiger charge is -2.16. The Bertz CT molecular complexity index is 959. The number of nitrogens with one attached hydrogen (secondary N) is 1. The number of ketones is 1. The van der Waals surface area contributed by atoms with Gasteiger partial charge in [-0.3, -0.25) is 4.79 Å². The smallest absolute Gasteiger partial charge is 0.326 e. The fourth-order valence-electron chi connectivity index (χ4n) is 2.92. The zero-order valence-electron chi connectivity index (χ0n) is 14.2. The third kappa shape index (κ3) is 3.54. The number of carboxylic acids is 1. The molecule has 0 aliphatic rings. The summed E-state index contributed by atoms with van der Waals surface area (Å²) in [5.41, 5.74) is 1.71. The van der Waals surface area contributed by atoms with Crippen molar-refractivity contribution in [2.24, 2.45) is 0 Å². The largest absolute Gasteiger partial charge is 0.480 e. The Balaban J connectivity index is 2.05. The number of nitrogens with zero attached hydrogens (tertiary/aromatic N) is 1. The monoisotopic (exact) mass is 350 g/mol. The molecule has 6 nitrogen and oxygen atoms in total. The lowest BCUT2D eigenvalue weighted by atomic mass is 10.0. The van der Waals surface area contributed by atoms with Crippen molar-refractivity contribution in [2.45, 2.75) is 25.8 Å². The molecule has 132 valence electrons. The Hall–Kier alpha value is -3.28. The normalized spacial score (nSPS) is 12.0. The lowest BCUT2D eigenvalue weighted by Crippen LogP contribution is -2.41. The highest BCUT2D eigenvalue weighted by Gasteiger charge is 2.23. The van der Waals surface area contributed by atoms with Crippen LogP contribution in [0.25, 0.3) is 21.8 Å². The number of benzene rings is 2. The first kappa shape index (κ1) is 17.5. The van der Waals surface area contributed by atoms with Crippen molar-refractivity contribution in [3.8, 4) is 0 Å². The van der Waals surface area contributed by atoms with Crippen LogP contribution in [0.1, 0.15) is 30.1 Å². The summed E-state index contributed by atoms with van der Waals surface area (Å²) in [6.45, 7) is 1.39.